The summed E-state index contributed by atoms with van der Waals surface area (Å²) in [6.07, 6.45) is 0.544. The number of nitrogens with zero attached hydrogens (tertiary/aromatic N) is 1. The van der Waals surface area contributed by atoms with Crippen LogP contribution in [-0.4, -0.2) is 36.7 Å². The zero-order chi connectivity index (χ0) is 27.1. The van der Waals surface area contributed by atoms with Gasteiger partial charge in [0.05, 0.1) is 23.4 Å². The largest absolute Gasteiger partial charge is 0.481 e. The number of benzene rings is 2. The molecule has 37 heavy (non-hydrogen) atoms. The number of hydrogen-bond donors (Lipinski definition) is 2. The molecule has 3 aromatic rings. The van der Waals surface area contributed by atoms with Crippen molar-refractivity contribution in [2.24, 2.45) is 5.10 Å². The molecule has 1 atom stereocenters. The zero-order valence-corrected chi connectivity index (χ0v) is 22.9. The summed E-state index contributed by atoms with van der Waals surface area (Å²) in [7, 11) is 0. The number of halogens is 2. The highest BCUT2D eigenvalue weighted by Crippen LogP contribution is 2.33. The van der Waals surface area contributed by atoms with E-state index in [1.807, 2.05) is 13.8 Å². The molecule has 11 heteroatoms. The fourth-order valence-electron chi connectivity index (χ4n) is 3.14. The van der Waals surface area contributed by atoms with Crippen LogP contribution < -0.4 is 15.5 Å². The van der Waals surface area contributed by atoms with Crippen molar-refractivity contribution in [1.29, 1.82) is 0 Å². The SMILES string of the molecule is CCOC(=O)c1c(NC(=O)c2ccc(OC(C)C(=O)NN=Cc3ccc(Cl)cc3Cl)cc2)sc(C)c1C. The van der Waals surface area contributed by atoms with Gasteiger partial charge >= 0.3 is 5.97 Å². The van der Waals surface area contributed by atoms with E-state index in [9.17, 15) is 14.4 Å². The second kappa shape index (κ2) is 12.7. The molecule has 8 nitrogen and oxygen atoms in total. The van der Waals surface area contributed by atoms with E-state index in [4.69, 9.17) is 32.7 Å². The number of ether oxygens (including phenoxy) is 2. The lowest BCUT2D eigenvalue weighted by Gasteiger charge is -2.13. The topological polar surface area (TPSA) is 106 Å². The maximum Gasteiger partial charge on any atom is 0.341 e. The van der Waals surface area contributed by atoms with E-state index in [1.54, 1.807) is 56.3 Å². The molecule has 1 unspecified atom stereocenters. The molecule has 1 aromatic heterocycles. The van der Waals surface area contributed by atoms with Gasteiger partial charge in [0.15, 0.2) is 6.10 Å². The van der Waals surface area contributed by atoms with Gasteiger partial charge in [0, 0.05) is 21.0 Å². The average Bonchev–Trinajstić information content (AvgIpc) is 3.13. The fourth-order valence-corrected chi connectivity index (χ4v) is 4.65. The number of aryl methyl sites for hydroxylation is 1. The Hall–Kier alpha value is -3.40. The van der Waals surface area contributed by atoms with Gasteiger partial charge in [0.25, 0.3) is 11.8 Å². The van der Waals surface area contributed by atoms with Gasteiger partial charge < -0.3 is 14.8 Å². The standard InChI is InChI=1S/C26H25Cl2N3O5S/c1-5-35-26(34)22-14(2)16(4)37-25(22)30-24(33)17-7-10-20(11-8-17)36-15(3)23(32)31-29-13-18-6-9-19(27)12-21(18)28/h6-13,15H,5H2,1-4H3,(H,30,33)(H,31,32). The Morgan fingerprint density at radius 1 is 1.11 bits per heavy atom. The van der Waals surface area contributed by atoms with Gasteiger partial charge in [0.1, 0.15) is 10.8 Å². The van der Waals surface area contributed by atoms with Gasteiger partial charge in [-0.2, -0.15) is 5.10 Å². The monoisotopic (exact) mass is 561 g/mol. The number of anilines is 1. The Morgan fingerprint density at radius 3 is 2.46 bits per heavy atom. The molecular formula is C26H25Cl2N3O5S. The van der Waals surface area contributed by atoms with Crippen molar-refractivity contribution < 1.29 is 23.9 Å². The van der Waals surface area contributed by atoms with Crippen molar-refractivity contribution in [3.8, 4) is 5.75 Å². The minimum atomic E-state index is -0.860. The molecule has 0 bridgehead atoms. The van der Waals surface area contributed by atoms with Crippen molar-refractivity contribution >= 4 is 63.5 Å². The van der Waals surface area contributed by atoms with E-state index in [2.05, 4.69) is 15.8 Å². The minimum absolute atomic E-state index is 0.238. The van der Waals surface area contributed by atoms with E-state index < -0.39 is 18.0 Å². The normalized spacial score (nSPS) is 11.7. The van der Waals surface area contributed by atoms with Crippen LogP contribution in [0.5, 0.6) is 5.75 Å². The molecule has 2 N–H and O–H groups in total. The smallest absolute Gasteiger partial charge is 0.341 e. The number of nitrogens with one attached hydrogen (secondary N) is 2. The predicted octanol–water partition coefficient (Wildman–Crippen LogP) is 6.02. The van der Waals surface area contributed by atoms with E-state index in [1.165, 1.54) is 17.6 Å². The molecule has 0 aliphatic carbocycles. The summed E-state index contributed by atoms with van der Waals surface area (Å²) < 4.78 is 10.8. The van der Waals surface area contributed by atoms with E-state index in [-0.39, 0.29) is 12.5 Å². The highest BCUT2D eigenvalue weighted by Gasteiger charge is 2.22. The number of carbonyl (C=O) groups excluding carboxylic acids is 3. The Kier molecular flexibility index (Phi) is 9.68. The van der Waals surface area contributed by atoms with Crippen molar-refractivity contribution in [2.45, 2.75) is 33.8 Å². The zero-order valence-electron chi connectivity index (χ0n) is 20.6. The van der Waals surface area contributed by atoms with Crippen molar-refractivity contribution in [1.82, 2.24) is 5.43 Å². The van der Waals surface area contributed by atoms with Gasteiger partial charge in [-0.15, -0.1) is 11.3 Å². The molecule has 2 amide bonds. The lowest BCUT2D eigenvalue weighted by atomic mass is 10.1. The Morgan fingerprint density at radius 2 is 1.81 bits per heavy atom. The number of amides is 2. The predicted molar refractivity (Wildman–Crippen MR) is 146 cm³/mol. The lowest BCUT2D eigenvalue weighted by Crippen LogP contribution is -2.33. The number of thiophene rings is 1. The van der Waals surface area contributed by atoms with Crippen LogP contribution in [0.1, 0.15) is 50.6 Å². The third-order valence-electron chi connectivity index (χ3n) is 5.23. The first kappa shape index (κ1) is 28.2. The maximum atomic E-state index is 12.8. The lowest BCUT2D eigenvalue weighted by molar-refractivity contribution is -0.127. The number of carbonyl (C=O) groups is 3. The molecule has 0 saturated heterocycles. The van der Waals surface area contributed by atoms with E-state index in [0.717, 1.165) is 10.4 Å². The summed E-state index contributed by atoms with van der Waals surface area (Å²) >= 11 is 13.3. The maximum absolute atomic E-state index is 12.8. The van der Waals surface area contributed by atoms with Crippen molar-refractivity contribution in [2.75, 3.05) is 11.9 Å². The van der Waals surface area contributed by atoms with Crippen LogP contribution >= 0.6 is 34.5 Å². The third kappa shape index (κ3) is 7.31. The minimum Gasteiger partial charge on any atom is -0.481 e. The number of hydrogen-bond acceptors (Lipinski definition) is 7. The second-order valence-electron chi connectivity index (χ2n) is 7.85. The quantitative estimate of drug-likeness (QED) is 0.189. The molecule has 0 fully saturated rings. The summed E-state index contributed by atoms with van der Waals surface area (Å²) in [5.41, 5.74) is 4.47. The van der Waals surface area contributed by atoms with Gasteiger partial charge in [-0.05, 0) is 69.7 Å². The van der Waals surface area contributed by atoms with Gasteiger partial charge in [-0.1, -0.05) is 29.3 Å². The number of rotatable bonds is 9. The van der Waals surface area contributed by atoms with Crippen molar-refractivity contribution in [3.05, 3.63) is 79.6 Å². The first-order chi connectivity index (χ1) is 17.6. The first-order valence-electron chi connectivity index (χ1n) is 11.2. The summed E-state index contributed by atoms with van der Waals surface area (Å²) in [4.78, 5) is 38.4. The Bertz CT molecular complexity index is 1340. The molecule has 194 valence electrons. The summed E-state index contributed by atoms with van der Waals surface area (Å²) in [5, 5.41) is 8.02. The van der Waals surface area contributed by atoms with Crippen LogP contribution in [0.3, 0.4) is 0 Å². The third-order valence-corrected chi connectivity index (χ3v) is 6.92. The van der Waals surface area contributed by atoms with E-state index >= 15 is 0 Å². The van der Waals surface area contributed by atoms with E-state index in [0.29, 0.717) is 37.5 Å². The Labute approximate surface area is 228 Å². The second-order valence-corrected chi connectivity index (χ2v) is 9.91. The number of esters is 1. The molecule has 2 aromatic carbocycles. The van der Waals surface area contributed by atoms with Gasteiger partial charge in [-0.3, -0.25) is 9.59 Å². The van der Waals surface area contributed by atoms with Gasteiger partial charge in [0.2, 0.25) is 0 Å². The summed E-state index contributed by atoms with van der Waals surface area (Å²) in [6, 6.07) is 11.2. The highest BCUT2D eigenvalue weighted by molar-refractivity contribution is 7.16. The molecule has 0 saturated carbocycles. The van der Waals surface area contributed by atoms with Crippen LogP contribution in [0.4, 0.5) is 5.00 Å². The molecule has 0 radical (unpaired) electrons. The highest BCUT2D eigenvalue weighted by atomic mass is 35.5. The molecule has 1 heterocycles. The molecule has 0 aliphatic heterocycles. The fraction of sp³-hybridized carbons (Fsp3) is 0.231. The molecule has 3 rings (SSSR count). The van der Waals surface area contributed by atoms with Gasteiger partial charge in [-0.25, -0.2) is 10.2 Å². The summed E-state index contributed by atoms with van der Waals surface area (Å²) in [5.74, 6) is -0.951. The van der Waals surface area contributed by atoms with Crippen LogP contribution in [0.15, 0.2) is 47.6 Å². The van der Waals surface area contributed by atoms with Crippen LogP contribution in [0.2, 0.25) is 10.0 Å². The summed E-state index contributed by atoms with van der Waals surface area (Å²) in [6.45, 7) is 7.22. The first-order valence-corrected chi connectivity index (χ1v) is 12.8. The van der Waals surface area contributed by atoms with Crippen LogP contribution in [-0.2, 0) is 9.53 Å². The average molecular weight is 562 g/mol. The Balaban J connectivity index is 1.59. The van der Waals surface area contributed by atoms with Crippen LogP contribution in [0, 0.1) is 13.8 Å². The molecular weight excluding hydrogens is 537 g/mol. The number of hydrazone groups is 1. The van der Waals surface area contributed by atoms with Crippen molar-refractivity contribution in [3.63, 3.8) is 0 Å². The molecule has 0 aliphatic rings. The molecule has 0 spiro atoms. The van der Waals surface area contributed by atoms with Crippen LogP contribution in [0.25, 0.3) is 0 Å².